The molecule has 0 aliphatic rings. The smallest absolute Gasteiger partial charge is 0.322 e. The fourth-order valence-corrected chi connectivity index (χ4v) is 3.03. The van der Waals surface area contributed by atoms with Crippen LogP contribution in [0.15, 0.2) is 30.3 Å². The van der Waals surface area contributed by atoms with Gasteiger partial charge < -0.3 is 20.3 Å². The number of anilines is 2. The number of rotatable bonds is 7. The van der Waals surface area contributed by atoms with Gasteiger partial charge in [0.2, 0.25) is 5.91 Å². The lowest BCUT2D eigenvalue weighted by Crippen LogP contribution is -2.41. The topological polar surface area (TPSA) is 88.5 Å². The van der Waals surface area contributed by atoms with Crippen molar-refractivity contribution in [2.45, 2.75) is 66.3 Å². The summed E-state index contributed by atoms with van der Waals surface area (Å²) < 4.78 is 7.24. The number of nitrogens with zero attached hydrogens (tertiary/aromatic N) is 3. The van der Waals surface area contributed by atoms with Crippen LogP contribution in [0.3, 0.4) is 0 Å². The molecule has 2 rings (SSSR count). The first-order chi connectivity index (χ1) is 14.8. The molecule has 1 aromatic heterocycles. The molecule has 8 heteroatoms. The van der Waals surface area contributed by atoms with Crippen molar-refractivity contribution in [2.24, 2.45) is 0 Å². The number of hydrogen-bond acceptors (Lipinski definition) is 4. The molecular formula is C24H37N5O3. The monoisotopic (exact) mass is 443 g/mol. The summed E-state index contributed by atoms with van der Waals surface area (Å²) in [6.07, 6.45) is 0. The lowest BCUT2D eigenvalue weighted by molar-refractivity contribution is -0.116. The third-order valence-electron chi connectivity index (χ3n) is 4.80. The molecule has 0 saturated heterocycles. The van der Waals surface area contributed by atoms with E-state index in [2.05, 4.69) is 31.4 Å². The standard InChI is InChI=1S/C24H37N5O3/c1-9-28(22(31)25-17-11-13-18(14-12-17)32-10-2)16-21(30)26-20-15-19(23(3,4)5)27-29(20)24(6,7)8/h11-15H,9-10,16H2,1-8H3,(H,25,31)(H,26,30). The van der Waals surface area contributed by atoms with E-state index in [0.29, 0.717) is 24.7 Å². The van der Waals surface area contributed by atoms with Crippen LogP contribution in [0, 0.1) is 0 Å². The first kappa shape index (κ1) is 25.2. The van der Waals surface area contributed by atoms with Gasteiger partial charge in [-0.15, -0.1) is 0 Å². The molecule has 0 saturated carbocycles. The quantitative estimate of drug-likeness (QED) is 0.642. The predicted molar refractivity (Wildman–Crippen MR) is 128 cm³/mol. The van der Waals surface area contributed by atoms with Gasteiger partial charge in [-0.2, -0.15) is 5.10 Å². The van der Waals surface area contributed by atoms with E-state index in [1.165, 1.54) is 4.90 Å². The van der Waals surface area contributed by atoms with Crippen molar-refractivity contribution >= 4 is 23.4 Å². The van der Waals surface area contributed by atoms with E-state index in [-0.39, 0.29) is 29.4 Å². The minimum atomic E-state index is -0.341. The Morgan fingerprint density at radius 3 is 2.16 bits per heavy atom. The Labute approximate surface area is 191 Å². The summed E-state index contributed by atoms with van der Waals surface area (Å²) in [7, 11) is 0. The molecule has 8 nitrogen and oxygen atoms in total. The van der Waals surface area contributed by atoms with E-state index in [9.17, 15) is 9.59 Å². The summed E-state index contributed by atoms with van der Waals surface area (Å²) in [4.78, 5) is 26.9. The minimum absolute atomic E-state index is 0.0699. The molecule has 0 aliphatic heterocycles. The third kappa shape index (κ3) is 6.73. The van der Waals surface area contributed by atoms with Crippen molar-refractivity contribution in [3.8, 4) is 5.75 Å². The number of aromatic nitrogens is 2. The Bertz CT molecular complexity index is 921. The molecule has 2 N–H and O–H groups in total. The van der Waals surface area contributed by atoms with Gasteiger partial charge in [0.1, 0.15) is 18.1 Å². The van der Waals surface area contributed by atoms with Gasteiger partial charge in [-0.05, 0) is 58.9 Å². The second kappa shape index (κ2) is 10.1. The van der Waals surface area contributed by atoms with Crippen LogP contribution in [-0.2, 0) is 15.7 Å². The maximum absolute atomic E-state index is 12.8. The van der Waals surface area contributed by atoms with Crippen molar-refractivity contribution in [2.75, 3.05) is 30.3 Å². The first-order valence-electron chi connectivity index (χ1n) is 11.0. The molecule has 0 spiro atoms. The van der Waals surface area contributed by atoms with Crippen molar-refractivity contribution in [1.82, 2.24) is 14.7 Å². The van der Waals surface area contributed by atoms with E-state index in [1.807, 2.05) is 45.4 Å². The number of hydrogen-bond donors (Lipinski definition) is 2. The molecule has 32 heavy (non-hydrogen) atoms. The number of urea groups is 1. The molecule has 3 amide bonds. The van der Waals surface area contributed by atoms with Crippen LogP contribution in [0.25, 0.3) is 0 Å². The van der Waals surface area contributed by atoms with Gasteiger partial charge in [0.05, 0.1) is 17.8 Å². The molecule has 1 aromatic carbocycles. The molecule has 0 aliphatic carbocycles. The summed E-state index contributed by atoms with van der Waals surface area (Å²) >= 11 is 0. The van der Waals surface area contributed by atoms with Crippen molar-refractivity contribution in [3.63, 3.8) is 0 Å². The Morgan fingerprint density at radius 1 is 1.03 bits per heavy atom. The fourth-order valence-electron chi connectivity index (χ4n) is 3.03. The van der Waals surface area contributed by atoms with E-state index < -0.39 is 0 Å². The normalized spacial score (nSPS) is 11.8. The number of carbonyl (C=O) groups is 2. The van der Waals surface area contributed by atoms with Crippen LogP contribution < -0.4 is 15.4 Å². The molecule has 0 unspecified atom stereocenters. The number of likely N-dealkylation sites (N-methyl/N-ethyl adjacent to an activating group) is 1. The van der Waals surface area contributed by atoms with Gasteiger partial charge in [0, 0.05) is 23.7 Å². The molecule has 0 atom stereocenters. The molecule has 0 fully saturated rings. The number of nitrogens with one attached hydrogen (secondary N) is 2. The Hall–Kier alpha value is -3.03. The summed E-state index contributed by atoms with van der Waals surface area (Å²) in [6, 6.07) is 8.69. The summed E-state index contributed by atoms with van der Waals surface area (Å²) in [5.41, 5.74) is 1.08. The van der Waals surface area contributed by atoms with E-state index in [1.54, 1.807) is 24.3 Å². The highest BCUT2D eigenvalue weighted by molar-refractivity contribution is 5.96. The second-order valence-corrected chi connectivity index (χ2v) is 9.70. The fraction of sp³-hybridized carbons (Fsp3) is 0.542. The SMILES string of the molecule is CCOc1ccc(NC(=O)N(CC)CC(=O)Nc2cc(C(C)(C)C)nn2C(C)(C)C)cc1. The van der Waals surface area contributed by atoms with Gasteiger partial charge in [-0.25, -0.2) is 9.48 Å². The van der Waals surface area contributed by atoms with Crippen LogP contribution in [-0.4, -0.2) is 46.3 Å². The molecule has 176 valence electrons. The third-order valence-corrected chi connectivity index (χ3v) is 4.80. The lowest BCUT2D eigenvalue weighted by Gasteiger charge is -2.24. The van der Waals surface area contributed by atoms with Crippen molar-refractivity contribution < 1.29 is 14.3 Å². The minimum Gasteiger partial charge on any atom is -0.494 e. The largest absolute Gasteiger partial charge is 0.494 e. The van der Waals surface area contributed by atoms with E-state index >= 15 is 0 Å². The van der Waals surface area contributed by atoms with Gasteiger partial charge in [-0.1, -0.05) is 20.8 Å². The van der Waals surface area contributed by atoms with Crippen LogP contribution in [0.4, 0.5) is 16.3 Å². The second-order valence-electron chi connectivity index (χ2n) is 9.70. The summed E-state index contributed by atoms with van der Waals surface area (Å²) in [5.74, 6) is 1.08. The van der Waals surface area contributed by atoms with Crippen LogP contribution in [0.5, 0.6) is 5.75 Å². The van der Waals surface area contributed by atoms with Crippen LogP contribution in [0.2, 0.25) is 0 Å². The maximum atomic E-state index is 12.8. The molecule has 2 aromatic rings. The highest BCUT2D eigenvalue weighted by Gasteiger charge is 2.26. The lowest BCUT2D eigenvalue weighted by atomic mass is 9.92. The number of benzene rings is 1. The van der Waals surface area contributed by atoms with Gasteiger partial charge >= 0.3 is 6.03 Å². The number of ether oxygens (including phenoxy) is 1. The van der Waals surface area contributed by atoms with E-state index in [4.69, 9.17) is 9.84 Å². The number of amides is 3. The highest BCUT2D eigenvalue weighted by atomic mass is 16.5. The van der Waals surface area contributed by atoms with Gasteiger partial charge in [0.25, 0.3) is 0 Å². The average molecular weight is 444 g/mol. The highest BCUT2D eigenvalue weighted by Crippen LogP contribution is 2.28. The molecule has 0 bridgehead atoms. The van der Waals surface area contributed by atoms with Crippen LogP contribution in [0.1, 0.15) is 61.1 Å². The predicted octanol–water partition coefficient (Wildman–Crippen LogP) is 4.83. The first-order valence-corrected chi connectivity index (χ1v) is 11.0. The maximum Gasteiger partial charge on any atom is 0.322 e. The van der Waals surface area contributed by atoms with Crippen LogP contribution >= 0.6 is 0 Å². The van der Waals surface area contributed by atoms with Crippen molar-refractivity contribution in [1.29, 1.82) is 0 Å². The molecular weight excluding hydrogens is 406 g/mol. The Kier molecular flexibility index (Phi) is 7.93. The van der Waals surface area contributed by atoms with Gasteiger partial charge in [-0.3, -0.25) is 4.79 Å². The summed E-state index contributed by atoms with van der Waals surface area (Å²) in [5, 5.41) is 10.5. The summed E-state index contributed by atoms with van der Waals surface area (Å²) in [6.45, 7) is 17.0. The average Bonchev–Trinajstić information content (AvgIpc) is 3.12. The van der Waals surface area contributed by atoms with Gasteiger partial charge in [0.15, 0.2) is 0 Å². The Balaban J connectivity index is 2.08. The zero-order chi connectivity index (χ0) is 24.1. The zero-order valence-corrected chi connectivity index (χ0v) is 20.6. The van der Waals surface area contributed by atoms with E-state index in [0.717, 1.165) is 11.4 Å². The van der Waals surface area contributed by atoms with Crippen molar-refractivity contribution in [3.05, 3.63) is 36.0 Å². The zero-order valence-electron chi connectivity index (χ0n) is 20.6. The number of carbonyl (C=O) groups excluding carboxylic acids is 2. The Morgan fingerprint density at radius 2 is 1.66 bits per heavy atom. The molecule has 0 radical (unpaired) electrons. The molecule has 1 heterocycles.